The fourth-order valence-corrected chi connectivity index (χ4v) is 2.74. The normalized spacial score (nSPS) is 11.5. The predicted octanol–water partition coefficient (Wildman–Crippen LogP) is 3.91. The van der Waals surface area contributed by atoms with Crippen LogP contribution in [-0.2, 0) is 22.6 Å². The molecule has 142 valence electrons. The molecule has 0 aromatic heterocycles. The van der Waals surface area contributed by atoms with Gasteiger partial charge in [0, 0.05) is 17.5 Å². The van der Waals surface area contributed by atoms with Crippen LogP contribution in [0.3, 0.4) is 0 Å². The first-order valence-corrected chi connectivity index (χ1v) is 8.93. The number of halogens is 1. The lowest BCUT2D eigenvalue weighted by atomic mass is 10.1. The van der Waals surface area contributed by atoms with E-state index in [2.05, 4.69) is 5.32 Å². The van der Waals surface area contributed by atoms with Crippen molar-refractivity contribution >= 4 is 11.9 Å². The number of hydrogen-bond donors (Lipinski definition) is 1. The molecule has 1 atom stereocenters. The summed E-state index contributed by atoms with van der Waals surface area (Å²) < 4.78 is 19.0. The molecule has 0 spiro atoms. The van der Waals surface area contributed by atoms with Crippen molar-refractivity contribution in [1.29, 1.82) is 0 Å². The average molecular weight is 377 g/mol. The molecule has 1 amide bonds. The van der Waals surface area contributed by atoms with Crippen molar-refractivity contribution in [3.63, 3.8) is 0 Å². The number of amides is 1. The molecule has 0 aliphatic rings. The van der Waals surface area contributed by atoms with Crippen LogP contribution in [0.25, 0.3) is 0 Å². The second-order valence-corrected chi connectivity index (χ2v) is 6.28. The van der Waals surface area contributed by atoms with Crippen molar-refractivity contribution in [3.8, 4) is 0 Å². The highest BCUT2D eigenvalue weighted by molar-refractivity contribution is 5.96. The molecule has 3 aromatic rings. The van der Waals surface area contributed by atoms with E-state index >= 15 is 0 Å². The van der Waals surface area contributed by atoms with Gasteiger partial charge in [0.15, 0.2) is 0 Å². The molecule has 0 saturated carbocycles. The number of nitrogens with one attached hydrogen (secondary N) is 1. The number of carbonyl (C=O) groups is 2. The van der Waals surface area contributed by atoms with Crippen LogP contribution in [0.4, 0.5) is 4.39 Å². The Labute approximate surface area is 163 Å². The molecule has 0 radical (unpaired) electrons. The van der Waals surface area contributed by atoms with Crippen LogP contribution in [0.15, 0.2) is 84.9 Å². The Balaban J connectivity index is 1.72. The van der Waals surface area contributed by atoms with Gasteiger partial charge in [0.1, 0.15) is 18.5 Å². The molecule has 0 aliphatic carbocycles. The van der Waals surface area contributed by atoms with Crippen molar-refractivity contribution in [2.24, 2.45) is 0 Å². The van der Waals surface area contributed by atoms with Gasteiger partial charge in [-0.1, -0.05) is 66.7 Å². The molecule has 28 heavy (non-hydrogen) atoms. The van der Waals surface area contributed by atoms with Crippen LogP contribution >= 0.6 is 0 Å². The highest BCUT2D eigenvalue weighted by atomic mass is 19.1. The maximum Gasteiger partial charge on any atom is 0.329 e. The minimum absolute atomic E-state index is 0.196. The van der Waals surface area contributed by atoms with Gasteiger partial charge in [0.2, 0.25) is 0 Å². The van der Waals surface area contributed by atoms with Crippen molar-refractivity contribution < 1.29 is 18.7 Å². The summed E-state index contributed by atoms with van der Waals surface area (Å²) >= 11 is 0. The van der Waals surface area contributed by atoms with Gasteiger partial charge in [-0.15, -0.1) is 0 Å². The minimum atomic E-state index is -0.887. The third-order valence-corrected chi connectivity index (χ3v) is 4.24. The molecular weight excluding hydrogens is 357 g/mol. The van der Waals surface area contributed by atoms with Crippen molar-refractivity contribution in [1.82, 2.24) is 5.32 Å². The molecule has 3 rings (SSSR count). The van der Waals surface area contributed by atoms with Crippen molar-refractivity contribution in [3.05, 3.63) is 107 Å². The lowest BCUT2D eigenvalue weighted by molar-refractivity contribution is -0.147. The molecule has 0 bridgehead atoms. The summed E-state index contributed by atoms with van der Waals surface area (Å²) in [5, 5.41) is 2.73. The van der Waals surface area contributed by atoms with Crippen LogP contribution in [-0.4, -0.2) is 17.9 Å². The Morgan fingerprint density at radius 3 is 2.14 bits per heavy atom. The van der Waals surface area contributed by atoms with Gasteiger partial charge >= 0.3 is 5.97 Å². The standard InChI is InChI=1S/C23H20FNO3/c24-20-14-8-7-13-19(20)16-28-23(27)21(15-17-9-3-1-4-10-17)25-22(26)18-11-5-2-6-12-18/h1-14,21H,15-16H2,(H,25,26). The largest absolute Gasteiger partial charge is 0.459 e. The molecule has 1 unspecified atom stereocenters. The van der Waals surface area contributed by atoms with Crippen molar-refractivity contribution in [2.75, 3.05) is 0 Å². The number of hydrogen-bond acceptors (Lipinski definition) is 3. The molecule has 4 nitrogen and oxygen atoms in total. The third kappa shape index (κ3) is 5.27. The Hall–Kier alpha value is -3.47. The van der Waals surface area contributed by atoms with E-state index in [0.717, 1.165) is 5.56 Å². The van der Waals surface area contributed by atoms with E-state index in [1.165, 1.54) is 6.07 Å². The van der Waals surface area contributed by atoms with Gasteiger partial charge in [-0.2, -0.15) is 0 Å². The van der Waals surface area contributed by atoms with E-state index in [1.807, 2.05) is 30.3 Å². The maximum absolute atomic E-state index is 13.8. The van der Waals surface area contributed by atoms with Crippen LogP contribution in [0.1, 0.15) is 21.5 Å². The molecule has 0 saturated heterocycles. The molecule has 1 N–H and O–H groups in total. The van der Waals surface area contributed by atoms with Crippen LogP contribution in [0.2, 0.25) is 0 Å². The Bertz CT molecular complexity index is 929. The summed E-state index contributed by atoms with van der Waals surface area (Å²) in [4.78, 5) is 25.1. The summed E-state index contributed by atoms with van der Waals surface area (Å²) in [6, 6.07) is 23.2. The second kappa shape index (κ2) is 9.46. The number of rotatable bonds is 7. The summed E-state index contributed by atoms with van der Waals surface area (Å²) in [5.74, 6) is -1.43. The van der Waals surface area contributed by atoms with Gasteiger partial charge in [-0.3, -0.25) is 4.79 Å². The molecule has 5 heteroatoms. The molecule has 0 fully saturated rings. The number of carbonyl (C=O) groups excluding carboxylic acids is 2. The van der Waals surface area contributed by atoms with Gasteiger partial charge in [0.25, 0.3) is 5.91 Å². The summed E-state index contributed by atoms with van der Waals surface area (Å²) in [7, 11) is 0. The van der Waals surface area contributed by atoms with Gasteiger partial charge in [-0.05, 0) is 23.8 Å². The summed E-state index contributed by atoms with van der Waals surface area (Å²) in [6.07, 6.45) is 0.273. The lowest BCUT2D eigenvalue weighted by Gasteiger charge is -2.18. The minimum Gasteiger partial charge on any atom is -0.459 e. The third-order valence-electron chi connectivity index (χ3n) is 4.24. The zero-order valence-corrected chi connectivity index (χ0v) is 15.2. The molecule has 3 aromatic carbocycles. The van der Waals surface area contributed by atoms with E-state index < -0.39 is 17.8 Å². The van der Waals surface area contributed by atoms with E-state index in [0.29, 0.717) is 5.56 Å². The average Bonchev–Trinajstić information content (AvgIpc) is 2.74. The Morgan fingerprint density at radius 1 is 0.857 bits per heavy atom. The van der Waals surface area contributed by atoms with Crippen LogP contribution in [0.5, 0.6) is 0 Å². The predicted molar refractivity (Wildman–Crippen MR) is 104 cm³/mol. The zero-order valence-electron chi connectivity index (χ0n) is 15.2. The fourth-order valence-electron chi connectivity index (χ4n) is 2.74. The van der Waals surface area contributed by atoms with Crippen LogP contribution in [0, 0.1) is 5.82 Å². The molecular formula is C23H20FNO3. The SMILES string of the molecule is O=C(NC(Cc1ccccc1)C(=O)OCc1ccccc1F)c1ccccc1. The number of benzene rings is 3. The van der Waals surface area contributed by atoms with Crippen LogP contribution < -0.4 is 5.32 Å². The first-order chi connectivity index (χ1) is 13.6. The van der Waals surface area contributed by atoms with E-state index in [4.69, 9.17) is 4.74 Å². The summed E-state index contributed by atoms with van der Waals surface area (Å²) in [5.41, 5.74) is 1.61. The van der Waals surface area contributed by atoms with Gasteiger partial charge < -0.3 is 10.1 Å². The highest BCUT2D eigenvalue weighted by Gasteiger charge is 2.23. The topological polar surface area (TPSA) is 55.4 Å². The van der Waals surface area contributed by atoms with Crippen molar-refractivity contribution in [2.45, 2.75) is 19.1 Å². The molecule has 0 aliphatic heterocycles. The van der Waals surface area contributed by atoms with E-state index in [1.54, 1.807) is 48.5 Å². The number of esters is 1. The fraction of sp³-hybridized carbons (Fsp3) is 0.130. The summed E-state index contributed by atoms with van der Waals surface area (Å²) in [6.45, 7) is -0.196. The second-order valence-electron chi connectivity index (χ2n) is 6.28. The first kappa shape index (κ1) is 19.3. The highest BCUT2D eigenvalue weighted by Crippen LogP contribution is 2.11. The number of ether oxygens (including phenoxy) is 1. The lowest BCUT2D eigenvalue weighted by Crippen LogP contribution is -2.43. The van der Waals surface area contributed by atoms with Gasteiger partial charge in [0.05, 0.1) is 0 Å². The zero-order chi connectivity index (χ0) is 19.8. The molecule has 0 heterocycles. The quantitative estimate of drug-likeness (QED) is 0.635. The Morgan fingerprint density at radius 2 is 1.46 bits per heavy atom. The smallest absolute Gasteiger partial charge is 0.329 e. The monoisotopic (exact) mass is 377 g/mol. The van der Waals surface area contributed by atoms with E-state index in [-0.39, 0.29) is 24.5 Å². The maximum atomic E-state index is 13.8. The van der Waals surface area contributed by atoms with Gasteiger partial charge in [-0.25, -0.2) is 9.18 Å². The first-order valence-electron chi connectivity index (χ1n) is 8.93. The van der Waals surface area contributed by atoms with E-state index in [9.17, 15) is 14.0 Å². The Kier molecular flexibility index (Phi) is 6.52.